The monoisotopic (exact) mass is 404 g/mol. The van der Waals surface area contributed by atoms with Crippen LogP contribution >= 0.6 is 15.6 Å². The van der Waals surface area contributed by atoms with E-state index < -0.39 is 15.6 Å². The minimum Gasteiger partial charge on any atom is -0.370 e. The van der Waals surface area contributed by atoms with Crippen LogP contribution in [-0.4, -0.2) is 51.8 Å². The zero-order valence-electron chi connectivity index (χ0n) is 15.4. The molecule has 1 aliphatic rings. The van der Waals surface area contributed by atoms with E-state index in [1.165, 1.54) is 0 Å². The molecule has 0 unspecified atom stereocenters. The Morgan fingerprint density at radius 3 is 1.28 bits per heavy atom. The molecule has 150 valence electrons. The van der Waals surface area contributed by atoms with Crippen molar-refractivity contribution in [1.29, 1.82) is 0 Å². The molecular formula is C14H30O9P2. The quantitative estimate of drug-likeness (QED) is 0.399. The summed E-state index contributed by atoms with van der Waals surface area (Å²) < 4.78 is 61.1. The van der Waals surface area contributed by atoms with Gasteiger partial charge in [-0.3, -0.25) is 27.1 Å². The van der Waals surface area contributed by atoms with Crippen LogP contribution in [-0.2, 0) is 41.0 Å². The lowest BCUT2D eigenvalue weighted by Gasteiger charge is -2.20. The molecular weight excluding hydrogens is 374 g/mol. The molecule has 0 bridgehead atoms. The van der Waals surface area contributed by atoms with Crippen molar-refractivity contribution in [3.8, 4) is 0 Å². The number of rotatable bonds is 14. The van der Waals surface area contributed by atoms with Gasteiger partial charge in [0.25, 0.3) is 0 Å². The molecule has 0 saturated carbocycles. The first-order valence-corrected chi connectivity index (χ1v) is 11.5. The Kier molecular flexibility index (Phi) is 11.0. The van der Waals surface area contributed by atoms with Crippen LogP contribution in [0.4, 0.5) is 0 Å². The van der Waals surface area contributed by atoms with E-state index in [1.54, 1.807) is 27.7 Å². The molecule has 0 aromatic heterocycles. The standard InChI is InChI=1S/C14H30O9P2/c1-5-17-24(15,18-6-2)21-11-13-9-10-14(23-13)12-22-25(16,19-7-3)20-8-4/h13-14H,5-12H2,1-4H3/t13-,14-/m0/s1. The Morgan fingerprint density at radius 2 is 1.00 bits per heavy atom. The summed E-state index contributed by atoms with van der Waals surface area (Å²) in [4.78, 5) is 0. The van der Waals surface area contributed by atoms with Gasteiger partial charge in [-0.05, 0) is 40.5 Å². The molecule has 11 heteroatoms. The molecule has 0 radical (unpaired) electrons. The molecule has 2 atom stereocenters. The van der Waals surface area contributed by atoms with Crippen LogP contribution in [0.25, 0.3) is 0 Å². The first-order chi connectivity index (χ1) is 11.9. The van der Waals surface area contributed by atoms with E-state index in [4.69, 9.17) is 31.9 Å². The number of phosphoric acid groups is 2. The number of phosphoric ester groups is 2. The van der Waals surface area contributed by atoms with Crippen LogP contribution in [0.5, 0.6) is 0 Å². The van der Waals surface area contributed by atoms with Crippen LogP contribution in [0.1, 0.15) is 40.5 Å². The molecule has 1 fully saturated rings. The first-order valence-electron chi connectivity index (χ1n) is 8.63. The molecule has 1 saturated heterocycles. The Morgan fingerprint density at radius 1 is 0.680 bits per heavy atom. The third-order valence-electron chi connectivity index (χ3n) is 3.18. The fourth-order valence-corrected chi connectivity index (χ4v) is 4.64. The molecule has 1 aliphatic heterocycles. The van der Waals surface area contributed by atoms with E-state index in [2.05, 4.69) is 0 Å². The van der Waals surface area contributed by atoms with Crippen LogP contribution in [0, 0.1) is 0 Å². The van der Waals surface area contributed by atoms with E-state index in [9.17, 15) is 9.13 Å². The highest BCUT2D eigenvalue weighted by molar-refractivity contribution is 7.48. The zero-order valence-corrected chi connectivity index (χ0v) is 17.2. The average Bonchev–Trinajstić information content (AvgIpc) is 3.00. The van der Waals surface area contributed by atoms with Gasteiger partial charge in [-0.15, -0.1) is 0 Å². The van der Waals surface area contributed by atoms with Crippen LogP contribution in [0.3, 0.4) is 0 Å². The number of hydrogen-bond acceptors (Lipinski definition) is 9. The molecule has 0 aliphatic carbocycles. The molecule has 1 heterocycles. The third kappa shape index (κ3) is 8.61. The van der Waals surface area contributed by atoms with Crippen molar-refractivity contribution in [2.24, 2.45) is 0 Å². The second-order valence-corrected chi connectivity index (χ2v) is 8.45. The molecule has 0 spiro atoms. The summed E-state index contributed by atoms with van der Waals surface area (Å²) in [7, 11) is -7.09. The second-order valence-electron chi connectivity index (χ2n) is 5.11. The second kappa shape index (κ2) is 11.8. The maximum absolute atomic E-state index is 12.2. The summed E-state index contributed by atoms with van der Waals surface area (Å²) in [5.41, 5.74) is 0. The lowest BCUT2D eigenvalue weighted by Crippen LogP contribution is -2.20. The van der Waals surface area contributed by atoms with Crippen molar-refractivity contribution in [2.45, 2.75) is 52.7 Å². The van der Waals surface area contributed by atoms with Gasteiger partial charge in [0, 0.05) is 0 Å². The molecule has 9 nitrogen and oxygen atoms in total. The van der Waals surface area contributed by atoms with Gasteiger partial charge in [0.15, 0.2) is 0 Å². The van der Waals surface area contributed by atoms with E-state index in [0.717, 1.165) is 0 Å². The van der Waals surface area contributed by atoms with Crippen LogP contribution in [0.2, 0.25) is 0 Å². The van der Waals surface area contributed by atoms with Gasteiger partial charge in [0.1, 0.15) is 0 Å². The van der Waals surface area contributed by atoms with Crippen molar-refractivity contribution in [3.05, 3.63) is 0 Å². The minimum absolute atomic E-state index is 0.0857. The maximum Gasteiger partial charge on any atom is 0.474 e. The Balaban J connectivity index is 2.40. The Hall–Kier alpha value is 0.180. The number of hydrogen-bond donors (Lipinski definition) is 0. The van der Waals surface area contributed by atoms with E-state index in [-0.39, 0.29) is 51.8 Å². The van der Waals surface area contributed by atoms with Crippen molar-refractivity contribution in [1.82, 2.24) is 0 Å². The van der Waals surface area contributed by atoms with Gasteiger partial charge >= 0.3 is 15.6 Å². The van der Waals surface area contributed by atoms with Gasteiger partial charge in [-0.25, -0.2) is 9.13 Å². The minimum atomic E-state index is -3.55. The van der Waals surface area contributed by atoms with Crippen molar-refractivity contribution in [3.63, 3.8) is 0 Å². The van der Waals surface area contributed by atoms with Gasteiger partial charge < -0.3 is 4.74 Å². The Labute approximate surface area is 149 Å². The lowest BCUT2D eigenvalue weighted by atomic mass is 10.2. The lowest BCUT2D eigenvalue weighted by molar-refractivity contribution is -0.0185. The SMILES string of the molecule is CCOP(=O)(OCC)OC[C@@H]1CC[C@@H](COP(=O)(OCC)OCC)O1. The smallest absolute Gasteiger partial charge is 0.370 e. The van der Waals surface area contributed by atoms with E-state index in [1.807, 2.05) is 0 Å². The fraction of sp³-hybridized carbons (Fsp3) is 1.00. The van der Waals surface area contributed by atoms with Crippen molar-refractivity contribution < 1.29 is 41.0 Å². The van der Waals surface area contributed by atoms with Gasteiger partial charge in [-0.2, -0.15) is 0 Å². The average molecular weight is 404 g/mol. The molecule has 1 rings (SSSR count). The predicted molar refractivity (Wildman–Crippen MR) is 91.5 cm³/mol. The van der Waals surface area contributed by atoms with Gasteiger partial charge in [0.2, 0.25) is 0 Å². The van der Waals surface area contributed by atoms with Crippen LogP contribution < -0.4 is 0 Å². The molecule has 0 aromatic carbocycles. The summed E-state index contributed by atoms with van der Waals surface area (Å²) in [5, 5.41) is 0. The van der Waals surface area contributed by atoms with Gasteiger partial charge in [-0.1, -0.05) is 0 Å². The molecule has 0 N–H and O–H groups in total. The maximum atomic E-state index is 12.2. The van der Waals surface area contributed by atoms with Crippen molar-refractivity contribution >= 4 is 15.6 Å². The summed E-state index contributed by atoms with van der Waals surface area (Å²) in [5.74, 6) is 0. The summed E-state index contributed by atoms with van der Waals surface area (Å²) in [6.45, 7) is 7.92. The highest BCUT2D eigenvalue weighted by Gasteiger charge is 2.33. The largest absolute Gasteiger partial charge is 0.474 e. The highest BCUT2D eigenvalue weighted by Crippen LogP contribution is 2.51. The predicted octanol–water partition coefficient (Wildman–Crippen LogP) is 3.93. The number of ether oxygens (including phenoxy) is 1. The van der Waals surface area contributed by atoms with E-state index in [0.29, 0.717) is 12.8 Å². The summed E-state index contributed by atoms with van der Waals surface area (Å²) >= 11 is 0. The molecule has 25 heavy (non-hydrogen) atoms. The normalized spacial score (nSPS) is 21.8. The fourth-order valence-electron chi connectivity index (χ4n) is 2.23. The first kappa shape index (κ1) is 23.2. The van der Waals surface area contributed by atoms with Crippen molar-refractivity contribution in [2.75, 3.05) is 39.6 Å². The zero-order chi connectivity index (χ0) is 18.8. The van der Waals surface area contributed by atoms with Gasteiger partial charge in [0.05, 0.1) is 51.8 Å². The topological polar surface area (TPSA) is 98.8 Å². The summed E-state index contributed by atoms with van der Waals surface area (Å²) in [6, 6.07) is 0. The van der Waals surface area contributed by atoms with E-state index >= 15 is 0 Å². The van der Waals surface area contributed by atoms with Crippen LogP contribution in [0.15, 0.2) is 0 Å². The molecule has 0 amide bonds. The molecule has 0 aromatic rings. The third-order valence-corrected chi connectivity index (χ3v) is 6.41. The summed E-state index contributed by atoms with van der Waals surface area (Å²) in [6.07, 6.45) is 0.863. The highest BCUT2D eigenvalue weighted by atomic mass is 31.2. The Bertz CT molecular complexity index is 400.